The van der Waals surface area contributed by atoms with E-state index >= 15 is 0 Å². The summed E-state index contributed by atoms with van der Waals surface area (Å²) in [6.07, 6.45) is 1.11. The van der Waals surface area contributed by atoms with Crippen LogP contribution in [0.25, 0.3) is 0 Å². The van der Waals surface area contributed by atoms with Crippen molar-refractivity contribution in [1.82, 2.24) is 10.3 Å². The van der Waals surface area contributed by atoms with Crippen LogP contribution in [0.15, 0.2) is 30.3 Å². The fourth-order valence-electron chi connectivity index (χ4n) is 1.92. The second-order valence-corrected chi connectivity index (χ2v) is 5.65. The quantitative estimate of drug-likeness (QED) is 0.760. The fraction of sp³-hybridized carbons (Fsp3) is 0.312. The summed E-state index contributed by atoms with van der Waals surface area (Å²) >= 11 is 11.9. The first-order valence-electron chi connectivity index (χ1n) is 6.89. The highest BCUT2D eigenvalue weighted by molar-refractivity contribution is 6.34. The van der Waals surface area contributed by atoms with Crippen LogP contribution in [0.5, 0.6) is 11.6 Å². The number of nitrogens with one attached hydrogen (secondary N) is 1. The van der Waals surface area contributed by atoms with Gasteiger partial charge in [-0.2, -0.15) is 0 Å². The first-order chi connectivity index (χ1) is 10.1. The Bertz CT molecular complexity index is 597. The Kier molecular flexibility index (Phi) is 5.85. The highest BCUT2D eigenvalue weighted by Gasteiger charge is 2.05. The first-order valence-corrected chi connectivity index (χ1v) is 7.65. The van der Waals surface area contributed by atoms with Gasteiger partial charge >= 0.3 is 0 Å². The molecule has 0 fully saturated rings. The molecule has 1 heterocycles. The van der Waals surface area contributed by atoms with Crippen molar-refractivity contribution in [1.29, 1.82) is 0 Å². The van der Waals surface area contributed by atoms with Gasteiger partial charge in [-0.05, 0) is 43.7 Å². The van der Waals surface area contributed by atoms with E-state index in [-0.39, 0.29) is 0 Å². The number of nitrogens with zero attached hydrogens (tertiary/aromatic N) is 1. The molecule has 1 aromatic carbocycles. The number of hydrogen-bond acceptors (Lipinski definition) is 3. The molecule has 1 aromatic heterocycles. The summed E-state index contributed by atoms with van der Waals surface area (Å²) in [7, 11) is 0. The number of rotatable bonds is 6. The zero-order chi connectivity index (χ0) is 15.2. The molecule has 0 spiro atoms. The van der Waals surface area contributed by atoms with Crippen LogP contribution in [0.4, 0.5) is 0 Å². The summed E-state index contributed by atoms with van der Waals surface area (Å²) < 4.78 is 5.70. The van der Waals surface area contributed by atoms with Crippen LogP contribution in [-0.2, 0) is 6.54 Å². The maximum absolute atomic E-state index is 5.95. The lowest BCUT2D eigenvalue weighted by molar-refractivity contribution is 0.461. The highest BCUT2D eigenvalue weighted by atomic mass is 35.5. The molecule has 0 radical (unpaired) electrons. The van der Waals surface area contributed by atoms with Gasteiger partial charge in [-0.15, -0.1) is 0 Å². The van der Waals surface area contributed by atoms with Crippen LogP contribution in [0, 0.1) is 6.92 Å². The molecular weight excluding hydrogens is 307 g/mol. The summed E-state index contributed by atoms with van der Waals surface area (Å²) in [5.74, 6) is 1.11. The maximum atomic E-state index is 5.95. The van der Waals surface area contributed by atoms with Gasteiger partial charge in [0, 0.05) is 28.4 Å². The molecule has 0 aliphatic carbocycles. The van der Waals surface area contributed by atoms with E-state index in [1.807, 2.05) is 19.1 Å². The van der Waals surface area contributed by atoms with Crippen molar-refractivity contribution >= 4 is 23.2 Å². The summed E-state index contributed by atoms with van der Waals surface area (Å²) in [6.45, 7) is 5.93. The Labute approximate surface area is 135 Å². The molecule has 0 saturated carbocycles. The molecule has 0 saturated heterocycles. The predicted octanol–water partition coefficient (Wildman–Crippen LogP) is 4.99. The smallest absolute Gasteiger partial charge is 0.219 e. The SMILES string of the molecule is CCCNCc1ccc(Oc2cc(Cl)cc(Cl)c2)nc1C. The van der Waals surface area contributed by atoms with Crippen LogP contribution in [0.3, 0.4) is 0 Å². The van der Waals surface area contributed by atoms with Gasteiger partial charge in [0.2, 0.25) is 5.88 Å². The van der Waals surface area contributed by atoms with E-state index in [0.29, 0.717) is 21.7 Å². The second kappa shape index (κ2) is 7.64. The minimum atomic E-state index is 0.532. The van der Waals surface area contributed by atoms with E-state index in [9.17, 15) is 0 Å². The molecule has 0 unspecified atom stereocenters. The van der Waals surface area contributed by atoms with Gasteiger partial charge in [0.1, 0.15) is 5.75 Å². The van der Waals surface area contributed by atoms with Crippen LogP contribution in [0.1, 0.15) is 24.6 Å². The third-order valence-electron chi connectivity index (χ3n) is 2.97. The van der Waals surface area contributed by atoms with Gasteiger partial charge in [-0.3, -0.25) is 0 Å². The zero-order valence-electron chi connectivity index (χ0n) is 12.1. The van der Waals surface area contributed by atoms with Gasteiger partial charge in [0.25, 0.3) is 0 Å². The fourth-order valence-corrected chi connectivity index (χ4v) is 2.42. The molecule has 0 atom stereocenters. The minimum Gasteiger partial charge on any atom is -0.439 e. The van der Waals surface area contributed by atoms with Gasteiger partial charge in [-0.25, -0.2) is 4.98 Å². The Morgan fingerprint density at radius 2 is 1.86 bits per heavy atom. The number of hydrogen-bond donors (Lipinski definition) is 1. The lowest BCUT2D eigenvalue weighted by atomic mass is 10.2. The van der Waals surface area contributed by atoms with Crippen molar-refractivity contribution < 1.29 is 4.74 Å². The lowest BCUT2D eigenvalue weighted by Gasteiger charge is -2.10. The number of ether oxygens (including phenoxy) is 1. The van der Waals surface area contributed by atoms with Gasteiger partial charge in [0.05, 0.1) is 0 Å². The normalized spacial score (nSPS) is 10.7. The van der Waals surface area contributed by atoms with Crippen molar-refractivity contribution in [2.45, 2.75) is 26.8 Å². The summed E-state index contributed by atoms with van der Waals surface area (Å²) in [5.41, 5.74) is 2.11. The number of pyridine rings is 1. The van der Waals surface area contributed by atoms with Gasteiger partial charge in [0.15, 0.2) is 0 Å². The first kappa shape index (κ1) is 16.1. The Morgan fingerprint density at radius 3 is 2.48 bits per heavy atom. The predicted molar refractivity (Wildman–Crippen MR) is 87.5 cm³/mol. The molecular formula is C16H18Cl2N2O. The van der Waals surface area contributed by atoms with Gasteiger partial charge in [-0.1, -0.05) is 36.2 Å². The average Bonchev–Trinajstić information content (AvgIpc) is 2.40. The molecule has 2 rings (SSSR count). The van der Waals surface area contributed by atoms with Crippen LogP contribution < -0.4 is 10.1 Å². The molecule has 1 N–H and O–H groups in total. The van der Waals surface area contributed by atoms with E-state index in [0.717, 1.165) is 25.2 Å². The third-order valence-corrected chi connectivity index (χ3v) is 3.41. The zero-order valence-corrected chi connectivity index (χ0v) is 13.6. The number of halogens is 2. The van der Waals surface area contributed by atoms with E-state index in [1.54, 1.807) is 18.2 Å². The molecule has 0 aliphatic heterocycles. The number of aromatic nitrogens is 1. The monoisotopic (exact) mass is 324 g/mol. The molecule has 21 heavy (non-hydrogen) atoms. The summed E-state index contributed by atoms with van der Waals surface area (Å²) in [4.78, 5) is 4.46. The molecule has 0 aliphatic rings. The van der Waals surface area contributed by atoms with Crippen LogP contribution in [0.2, 0.25) is 10.0 Å². The van der Waals surface area contributed by atoms with Crippen molar-refractivity contribution in [3.63, 3.8) is 0 Å². The van der Waals surface area contributed by atoms with Crippen molar-refractivity contribution in [3.8, 4) is 11.6 Å². The topological polar surface area (TPSA) is 34.1 Å². The Balaban J connectivity index is 2.09. The van der Waals surface area contributed by atoms with Crippen LogP contribution in [-0.4, -0.2) is 11.5 Å². The highest BCUT2D eigenvalue weighted by Crippen LogP contribution is 2.27. The van der Waals surface area contributed by atoms with Crippen molar-refractivity contribution in [3.05, 3.63) is 51.6 Å². The van der Waals surface area contributed by atoms with Crippen molar-refractivity contribution in [2.24, 2.45) is 0 Å². The van der Waals surface area contributed by atoms with E-state index < -0.39 is 0 Å². The molecule has 112 valence electrons. The second-order valence-electron chi connectivity index (χ2n) is 4.78. The Morgan fingerprint density at radius 1 is 1.14 bits per heavy atom. The standard InChI is InChI=1S/C16H18Cl2N2O/c1-3-6-19-10-12-4-5-16(20-11(12)2)21-15-8-13(17)7-14(18)9-15/h4-5,7-9,19H,3,6,10H2,1-2H3. The molecule has 3 nitrogen and oxygen atoms in total. The number of benzene rings is 1. The minimum absolute atomic E-state index is 0.532. The van der Waals surface area contributed by atoms with Crippen molar-refractivity contribution in [2.75, 3.05) is 6.54 Å². The van der Waals surface area contributed by atoms with Gasteiger partial charge < -0.3 is 10.1 Å². The molecule has 0 amide bonds. The van der Waals surface area contributed by atoms with Crippen LogP contribution >= 0.6 is 23.2 Å². The third kappa shape index (κ3) is 4.88. The molecule has 2 aromatic rings. The molecule has 0 bridgehead atoms. The average molecular weight is 325 g/mol. The summed E-state index contributed by atoms with van der Waals surface area (Å²) in [5, 5.41) is 4.43. The number of aryl methyl sites for hydroxylation is 1. The van der Waals surface area contributed by atoms with E-state index in [1.165, 1.54) is 5.56 Å². The lowest BCUT2D eigenvalue weighted by Crippen LogP contribution is -2.15. The Hall–Kier alpha value is -1.29. The van der Waals surface area contributed by atoms with E-state index in [4.69, 9.17) is 27.9 Å². The molecule has 5 heteroatoms. The largest absolute Gasteiger partial charge is 0.439 e. The maximum Gasteiger partial charge on any atom is 0.219 e. The van der Waals surface area contributed by atoms with E-state index in [2.05, 4.69) is 17.2 Å². The summed E-state index contributed by atoms with van der Waals surface area (Å²) in [6, 6.07) is 8.96.